The third-order valence-corrected chi connectivity index (χ3v) is 13.3. The van der Waals surface area contributed by atoms with Crippen LogP contribution in [0, 0.1) is 0 Å². The number of rotatable bonds is 8. The second-order valence-electron chi connectivity index (χ2n) is 17.4. The summed E-state index contributed by atoms with van der Waals surface area (Å²) in [6.45, 7) is 13.5. The molecule has 2 N–H and O–H groups in total. The van der Waals surface area contributed by atoms with Crippen molar-refractivity contribution < 1.29 is 90.6 Å². The molecule has 2 aliphatic rings. The summed E-state index contributed by atoms with van der Waals surface area (Å²) in [5.74, 6) is 0.931. The number of carbonyl (C=O) groups is 4. The number of hydrogen-bond donors (Lipinski definition) is 1. The van der Waals surface area contributed by atoms with Gasteiger partial charge in [0.25, 0.3) is 11.8 Å². The summed E-state index contributed by atoms with van der Waals surface area (Å²) in [6.07, 6.45) is 2.73. The quantitative estimate of drug-likeness (QED) is 0.143. The van der Waals surface area contributed by atoms with Gasteiger partial charge >= 0.3 is 57.4 Å². The van der Waals surface area contributed by atoms with E-state index in [4.69, 9.17) is 19.4 Å². The van der Waals surface area contributed by atoms with E-state index in [1.807, 2.05) is 100 Å². The Bertz CT molecular complexity index is 2540. The number of Topliss-reactive ketones (excluding diaryl/α,β-unsaturated/α-hetero) is 1. The largest absolute Gasteiger partial charge is 1.00 e. The normalized spacial score (nSPS) is 12.4. The summed E-state index contributed by atoms with van der Waals surface area (Å²) in [6, 6.07) is 15.1. The van der Waals surface area contributed by atoms with Crippen molar-refractivity contribution in [2.45, 2.75) is 85.2 Å². The first-order valence-corrected chi connectivity index (χ1v) is 22.1. The predicted octanol–water partition coefficient (Wildman–Crippen LogP) is 5.89. The van der Waals surface area contributed by atoms with Gasteiger partial charge in [-0.1, -0.05) is 12.1 Å². The minimum atomic E-state index is -1.06. The Hall–Kier alpha value is -4.46. The molecule has 2 amide bonds. The van der Waals surface area contributed by atoms with Crippen LogP contribution in [0.2, 0.25) is 0 Å². The SMILES string of the molecule is COc1cc2c(cc1C(=O)O)-n1c(-c3cccs3)nc(C(=O)N(C)C(C)(C)C)c1CC2.COc1cc2c(cc1C(C)=O)-n1c(-c3cccs3)nc(C(=O)N(C)C(C)(C)C)c1CC2.[K+].[OH-]. The number of carbonyl (C=O) groups excluding carboxylic acids is 3. The summed E-state index contributed by atoms with van der Waals surface area (Å²) in [4.78, 5) is 65.9. The fourth-order valence-electron chi connectivity index (χ4n) is 7.62. The zero-order valence-corrected chi connectivity index (χ0v) is 43.2. The zero-order chi connectivity index (χ0) is 45.0. The monoisotopic (exact) mass is 932 g/mol. The summed E-state index contributed by atoms with van der Waals surface area (Å²) >= 11 is 3.11. The summed E-state index contributed by atoms with van der Waals surface area (Å²) in [5.41, 5.74) is 6.18. The van der Waals surface area contributed by atoms with E-state index in [0.29, 0.717) is 53.5 Å². The van der Waals surface area contributed by atoms with E-state index in [9.17, 15) is 24.3 Å². The first-order valence-electron chi connectivity index (χ1n) is 20.3. The summed E-state index contributed by atoms with van der Waals surface area (Å²) < 4.78 is 14.8. The molecule has 0 fully saturated rings. The Kier molecular flexibility index (Phi) is 15.4. The maximum Gasteiger partial charge on any atom is 1.00 e. The van der Waals surface area contributed by atoms with Crippen LogP contribution in [0.3, 0.4) is 0 Å². The Labute approximate surface area is 424 Å². The Morgan fingerprint density at radius 2 is 1.06 bits per heavy atom. The van der Waals surface area contributed by atoms with Crippen molar-refractivity contribution >= 4 is 46.2 Å². The zero-order valence-electron chi connectivity index (χ0n) is 38.4. The standard InChI is InChI=1S/C24H27N3O3S.C23H25N3O4S.K.H2O/c1-14(28)16-13-18-15(12-19(16)30-6)9-10-17-21(23(29)26(5)24(2,3)4)25-22(27(17)18)20-8-7-11-31-20;1-23(2,3)25(4)21(27)19-15-9-8-13-11-17(30-5)14(22(28)29)12-16(13)26(15)20(24-19)18-7-6-10-31-18;;/h7-8,11-13H,9-10H2,1-6H3;6-7,10-12H,8-9H2,1-5H3,(H,28,29);;1H2/q;;+1;/p-1. The number of carboxylic acid groups (broad SMARTS) is 1. The molecule has 64 heavy (non-hydrogen) atoms. The van der Waals surface area contributed by atoms with Crippen LogP contribution in [0.5, 0.6) is 11.5 Å². The first-order chi connectivity index (χ1) is 29.3. The summed E-state index contributed by atoms with van der Waals surface area (Å²) in [7, 11) is 6.64. The molecule has 0 unspecified atom stereocenters. The molecule has 0 radical (unpaired) electrons. The third kappa shape index (κ3) is 9.45. The maximum atomic E-state index is 13.4. The van der Waals surface area contributed by atoms with Crippen molar-refractivity contribution in [3.63, 3.8) is 0 Å². The molecule has 2 aromatic carbocycles. The number of imidazole rings is 2. The second kappa shape index (κ2) is 19.6. The van der Waals surface area contributed by atoms with Gasteiger partial charge in [0.15, 0.2) is 28.8 Å². The fraction of sp³-hybridized carbons (Fsp3) is 0.362. The van der Waals surface area contributed by atoms with E-state index in [2.05, 4.69) is 4.57 Å². The number of aromatic carboxylic acids is 1. The maximum absolute atomic E-state index is 13.4. The molecule has 6 aromatic rings. The number of fused-ring (bicyclic) bond motifs is 6. The van der Waals surface area contributed by atoms with E-state index < -0.39 is 5.97 Å². The van der Waals surface area contributed by atoms with Crippen LogP contribution in [0.15, 0.2) is 59.3 Å². The Morgan fingerprint density at radius 3 is 1.39 bits per heavy atom. The number of carboxylic acids is 1. The van der Waals surface area contributed by atoms with E-state index in [1.54, 1.807) is 47.4 Å². The number of methoxy groups -OCH3 is 2. The fourth-order valence-corrected chi connectivity index (χ4v) is 9.03. The van der Waals surface area contributed by atoms with Crippen LogP contribution in [-0.4, -0.2) is 102 Å². The topological polar surface area (TPSA) is 179 Å². The minimum absolute atomic E-state index is 0. The number of aromatic nitrogens is 4. The molecule has 17 heteroatoms. The van der Waals surface area contributed by atoms with Crippen molar-refractivity contribution in [3.05, 3.63) is 104 Å². The first kappa shape index (κ1) is 50.5. The van der Waals surface area contributed by atoms with Crippen LogP contribution in [0.4, 0.5) is 0 Å². The number of benzene rings is 2. The smallest absolute Gasteiger partial charge is 0.870 e. The average Bonchev–Trinajstić information content (AvgIpc) is 4.07. The molecule has 0 saturated heterocycles. The van der Waals surface area contributed by atoms with E-state index in [-0.39, 0.29) is 91.1 Å². The van der Waals surface area contributed by atoms with Gasteiger partial charge in [-0.3, -0.25) is 23.5 Å². The van der Waals surface area contributed by atoms with Gasteiger partial charge in [-0.2, -0.15) is 0 Å². The number of ketones is 1. The molecule has 332 valence electrons. The van der Waals surface area contributed by atoms with Crippen LogP contribution in [-0.2, 0) is 25.7 Å². The van der Waals surface area contributed by atoms with Crippen molar-refractivity contribution in [1.82, 2.24) is 28.9 Å². The van der Waals surface area contributed by atoms with Crippen molar-refractivity contribution in [2.24, 2.45) is 0 Å². The van der Waals surface area contributed by atoms with E-state index in [0.717, 1.165) is 55.9 Å². The molecule has 0 atom stereocenters. The van der Waals surface area contributed by atoms with Crippen LogP contribution in [0.25, 0.3) is 32.8 Å². The van der Waals surface area contributed by atoms with Crippen LogP contribution >= 0.6 is 22.7 Å². The van der Waals surface area contributed by atoms with Gasteiger partial charge in [0.2, 0.25) is 0 Å². The number of amides is 2. The predicted molar refractivity (Wildman–Crippen MR) is 244 cm³/mol. The molecular weight excluding hydrogens is 880 g/mol. The Morgan fingerprint density at radius 1 is 0.672 bits per heavy atom. The van der Waals surface area contributed by atoms with E-state index in [1.165, 1.54) is 25.4 Å². The third-order valence-electron chi connectivity index (χ3n) is 11.6. The van der Waals surface area contributed by atoms with Gasteiger partial charge in [-0.05, 0) is 132 Å². The molecule has 14 nitrogen and oxygen atoms in total. The molecule has 8 rings (SSSR count). The van der Waals surface area contributed by atoms with Gasteiger partial charge in [0.05, 0.1) is 52.3 Å². The number of thiophene rings is 2. The van der Waals surface area contributed by atoms with Gasteiger partial charge in [-0.15, -0.1) is 22.7 Å². The minimum Gasteiger partial charge on any atom is -0.870 e. The molecule has 0 aliphatic carbocycles. The number of hydrogen-bond acceptors (Lipinski definition) is 11. The second-order valence-corrected chi connectivity index (χ2v) is 19.3. The van der Waals surface area contributed by atoms with Crippen molar-refractivity contribution in [2.75, 3.05) is 28.3 Å². The number of ether oxygens (including phenoxy) is 2. The molecule has 2 aliphatic heterocycles. The van der Waals surface area contributed by atoms with Gasteiger partial charge in [0, 0.05) is 25.2 Å². The Balaban J connectivity index is 0.000000234. The number of nitrogens with zero attached hydrogens (tertiary/aromatic N) is 6. The summed E-state index contributed by atoms with van der Waals surface area (Å²) in [5, 5.41) is 13.6. The van der Waals surface area contributed by atoms with Crippen LogP contribution in [0.1, 0.15) is 113 Å². The van der Waals surface area contributed by atoms with Crippen molar-refractivity contribution in [3.8, 4) is 44.3 Å². The van der Waals surface area contributed by atoms with Gasteiger partial charge in [-0.25, -0.2) is 14.8 Å². The molecule has 0 bridgehead atoms. The number of aryl methyl sites for hydroxylation is 2. The molecule has 0 saturated carbocycles. The molecule has 4 aromatic heterocycles. The van der Waals surface area contributed by atoms with Crippen LogP contribution < -0.4 is 60.9 Å². The molecule has 6 heterocycles. The average molecular weight is 933 g/mol. The van der Waals surface area contributed by atoms with Crippen molar-refractivity contribution in [1.29, 1.82) is 0 Å². The van der Waals surface area contributed by atoms with Gasteiger partial charge in [0.1, 0.15) is 17.1 Å². The molecular formula is C47H53KN6O8S2. The van der Waals surface area contributed by atoms with Gasteiger partial charge < -0.3 is 29.9 Å². The molecule has 0 spiro atoms. The van der Waals surface area contributed by atoms with E-state index >= 15 is 0 Å².